The minimum absolute atomic E-state index is 0.0654. The predicted octanol–water partition coefficient (Wildman–Crippen LogP) is 2.14. The zero-order valence-electron chi connectivity index (χ0n) is 11.1. The molecule has 0 amide bonds. The van der Waals surface area contributed by atoms with Gasteiger partial charge < -0.3 is 0 Å². The molecule has 1 aromatic heterocycles. The third kappa shape index (κ3) is 2.49. The van der Waals surface area contributed by atoms with E-state index in [1.54, 1.807) is 29.0 Å². The van der Waals surface area contributed by atoms with Crippen molar-refractivity contribution in [2.24, 2.45) is 0 Å². The van der Waals surface area contributed by atoms with E-state index in [-0.39, 0.29) is 12.2 Å². The van der Waals surface area contributed by atoms with Crippen LogP contribution in [0, 0.1) is 0 Å². The minimum atomic E-state index is -4.20. The average Bonchev–Trinajstić information content (AvgIpc) is 3.01. The molecule has 6 nitrogen and oxygen atoms in total. The summed E-state index contributed by atoms with van der Waals surface area (Å²) in [6.07, 6.45) is -1.40. The Morgan fingerprint density at radius 2 is 2.14 bits per heavy atom. The molecule has 1 aliphatic rings. The van der Waals surface area contributed by atoms with Gasteiger partial charge in [0.2, 0.25) is 0 Å². The molecular weight excluding hydrogens is 338 g/mol. The molecule has 22 heavy (non-hydrogen) atoms. The van der Waals surface area contributed by atoms with Crippen LogP contribution in [-0.4, -0.2) is 30.0 Å². The number of alkyl halides is 2. The van der Waals surface area contributed by atoms with Crippen molar-refractivity contribution in [2.75, 3.05) is 6.80 Å². The Bertz CT molecular complexity index is 811. The lowest BCUT2D eigenvalue weighted by molar-refractivity contribution is 0.326. The molecule has 2 aromatic rings. The largest absolute Gasteiger partial charge is 0.282 e. The maximum atomic E-state index is 14.1. The van der Waals surface area contributed by atoms with Gasteiger partial charge >= 0.3 is 0 Å². The standard InChI is InChI=1S/C12H11ClF2N4O2S/c13-8-4-2-1-3-7(8)10-5-9(15)11-17-12(18-19(10)11)22(20,21)16-6-14/h1-4,9-10,16H,5-6H2/t9-,10-/m0/s1. The van der Waals surface area contributed by atoms with Gasteiger partial charge in [0.1, 0.15) is 0 Å². The Labute approximate surface area is 130 Å². The molecule has 0 spiro atoms. The van der Waals surface area contributed by atoms with Crippen molar-refractivity contribution in [1.29, 1.82) is 0 Å². The van der Waals surface area contributed by atoms with Crippen molar-refractivity contribution in [1.82, 2.24) is 19.5 Å². The summed E-state index contributed by atoms with van der Waals surface area (Å²) in [6, 6.07) is 6.29. The first-order valence-corrected chi connectivity index (χ1v) is 8.20. The molecule has 0 radical (unpaired) electrons. The molecule has 3 rings (SSSR count). The van der Waals surface area contributed by atoms with Gasteiger partial charge in [-0.25, -0.2) is 21.9 Å². The first-order valence-electron chi connectivity index (χ1n) is 6.34. The molecule has 10 heteroatoms. The lowest BCUT2D eigenvalue weighted by atomic mass is 10.0. The summed E-state index contributed by atoms with van der Waals surface area (Å²) in [5.74, 6) is -0.107. The van der Waals surface area contributed by atoms with Gasteiger partial charge in [0.25, 0.3) is 15.2 Å². The van der Waals surface area contributed by atoms with Gasteiger partial charge in [-0.1, -0.05) is 29.8 Å². The quantitative estimate of drug-likeness (QED) is 0.859. The second-order valence-corrected chi connectivity index (χ2v) is 6.79. The summed E-state index contributed by atoms with van der Waals surface area (Å²) in [4.78, 5) is 3.68. The number of hydrogen-bond acceptors (Lipinski definition) is 4. The molecule has 1 aliphatic heterocycles. The normalized spacial score (nSPS) is 21.0. The van der Waals surface area contributed by atoms with Gasteiger partial charge in [-0.2, -0.15) is 9.71 Å². The highest BCUT2D eigenvalue weighted by Crippen LogP contribution is 2.41. The summed E-state index contributed by atoms with van der Waals surface area (Å²) in [5.41, 5.74) is 0.623. The van der Waals surface area contributed by atoms with Crippen molar-refractivity contribution in [2.45, 2.75) is 23.8 Å². The minimum Gasteiger partial charge on any atom is -0.239 e. The highest BCUT2D eigenvalue weighted by atomic mass is 35.5. The van der Waals surface area contributed by atoms with Crippen LogP contribution in [0.3, 0.4) is 0 Å². The monoisotopic (exact) mass is 348 g/mol. The average molecular weight is 349 g/mol. The Balaban J connectivity index is 2.06. The molecule has 0 saturated carbocycles. The number of benzene rings is 1. The third-order valence-electron chi connectivity index (χ3n) is 3.39. The number of aromatic nitrogens is 3. The third-order valence-corrected chi connectivity index (χ3v) is 4.88. The van der Waals surface area contributed by atoms with Gasteiger partial charge in [-0.15, -0.1) is 5.10 Å². The first kappa shape index (κ1) is 15.3. The number of rotatable bonds is 4. The summed E-state index contributed by atoms with van der Waals surface area (Å²) >= 11 is 6.10. The summed E-state index contributed by atoms with van der Waals surface area (Å²) < 4.78 is 52.6. The van der Waals surface area contributed by atoms with E-state index in [1.807, 2.05) is 0 Å². The molecule has 1 N–H and O–H groups in total. The van der Waals surface area contributed by atoms with Crippen LogP contribution in [-0.2, 0) is 10.0 Å². The van der Waals surface area contributed by atoms with Crippen molar-refractivity contribution < 1.29 is 17.2 Å². The second-order valence-electron chi connectivity index (χ2n) is 4.72. The van der Waals surface area contributed by atoms with Crippen molar-refractivity contribution >= 4 is 21.6 Å². The number of sulfonamides is 1. The maximum absolute atomic E-state index is 14.1. The molecule has 1 aromatic carbocycles. The van der Waals surface area contributed by atoms with Gasteiger partial charge in [-0.05, 0) is 11.6 Å². The van der Waals surface area contributed by atoms with E-state index in [9.17, 15) is 17.2 Å². The van der Waals surface area contributed by atoms with Crippen LogP contribution in [0.5, 0.6) is 0 Å². The first-order chi connectivity index (χ1) is 10.4. The van der Waals surface area contributed by atoms with Crippen LogP contribution in [0.1, 0.15) is 30.0 Å². The zero-order valence-corrected chi connectivity index (χ0v) is 12.7. The predicted molar refractivity (Wildman–Crippen MR) is 74.4 cm³/mol. The summed E-state index contributed by atoms with van der Waals surface area (Å²) in [6.45, 7) is -1.29. The van der Waals surface area contributed by atoms with Crippen LogP contribution in [0.4, 0.5) is 8.78 Å². The topological polar surface area (TPSA) is 76.9 Å². The Morgan fingerprint density at radius 3 is 2.82 bits per heavy atom. The molecule has 2 heterocycles. The number of hydrogen-bond donors (Lipinski definition) is 1. The highest BCUT2D eigenvalue weighted by molar-refractivity contribution is 7.89. The van der Waals surface area contributed by atoms with Crippen LogP contribution in [0.15, 0.2) is 29.4 Å². The zero-order chi connectivity index (χ0) is 15.9. The molecule has 0 aliphatic carbocycles. The Hall–Kier alpha value is -1.58. The van der Waals surface area contributed by atoms with E-state index in [4.69, 9.17) is 11.6 Å². The van der Waals surface area contributed by atoms with Crippen LogP contribution >= 0.6 is 11.6 Å². The maximum Gasteiger partial charge on any atom is 0.282 e. The molecule has 0 unspecified atom stereocenters. The van der Waals surface area contributed by atoms with Crippen molar-refractivity contribution in [3.8, 4) is 0 Å². The van der Waals surface area contributed by atoms with Crippen LogP contribution in [0.2, 0.25) is 5.02 Å². The van der Waals surface area contributed by atoms with Gasteiger partial charge in [0, 0.05) is 11.4 Å². The second kappa shape index (κ2) is 5.56. The fraction of sp³-hybridized carbons (Fsp3) is 0.333. The molecule has 2 atom stereocenters. The van der Waals surface area contributed by atoms with E-state index in [0.717, 1.165) is 0 Å². The number of halogens is 3. The van der Waals surface area contributed by atoms with Crippen molar-refractivity contribution in [3.63, 3.8) is 0 Å². The Kier molecular flexibility index (Phi) is 3.87. The molecule has 118 valence electrons. The lowest BCUT2D eigenvalue weighted by Gasteiger charge is -2.13. The number of fused-ring (bicyclic) bond motifs is 1. The highest BCUT2D eigenvalue weighted by Gasteiger charge is 2.38. The summed E-state index contributed by atoms with van der Waals surface area (Å²) in [7, 11) is -4.20. The lowest BCUT2D eigenvalue weighted by Crippen LogP contribution is -2.24. The van der Waals surface area contributed by atoms with E-state index in [1.165, 1.54) is 4.68 Å². The fourth-order valence-corrected chi connectivity index (χ4v) is 3.36. The Morgan fingerprint density at radius 1 is 1.41 bits per heavy atom. The van der Waals surface area contributed by atoms with Gasteiger partial charge in [0.15, 0.2) is 18.8 Å². The van der Waals surface area contributed by atoms with E-state index < -0.39 is 34.2 Å². The smallest absolute Gasteiger partial charge is 0.239 e. The summed E-state index contributed by atoms with van der Waals surface area (Å²) in [5, 5.41) is 3.59. The fourth-order valence-electron chi connectivity index (χ4n) is 2.41. The van der Waals surface area contributed by atoms with Crippen molar-refractivity contribution in [3.05, 3.63) is 40.7 Å². The van der Waals surface area contributed by atoms with E-state index >= 15 is 0 Å². The van der Waals surface area contributed by atoms with E-state index in [2.05, 4.69) is 10.1 Å². The molecule has 0 fully saturated rings. The van der Waals surface area contributed by atoms with Crippen LogP contribution < -0.4 is 4.72 Å². The number of nitrogens with zero attached hydrogens (tertiary/aromatic N) is 3. The van der Waals surface area contributed by atoms with Gasteiger partial charge in [-0.3, -0.25) is 0 Å². The van der Waals surface area contributed by atoms with Crippen LogP contribution in [0.25, 0.3) is 0 Å². The molecular formula is C12H11ClF2N4O2S. The molecule has 0 saturated heterocycles. The van der Waals surface area contributed by atoms with E-state index in [0.29, 0.717) is 10.6 Å². The van der Waals surface area contributed by atoms with Gasteiger partial charge in [0.05, 0.1) is 6.04 Å². The SMILES string of the molecule is O=S(=O)(NCF)c1nc2n(n1)[C@H](c1ccccc1Cl)C[C@@H]2F. The number of nitrogens with one attached hydrogen (secondary N) is 1. The molecule has 0 bridgehead atoms.